The topological polar surface area (TPSA) is 19.4 Å². The highest BCUT2D eigenvalue weighted by Crippen LogP contribution is 2.25. The third-order valence-corrected chi connectivity index (χ3v) is 2.60. The number of fused-ring (bicyclic) bond motifs is 1. The molecular formula is C9H12BrN3. The van der Waals surface area contributed by atoms with E-state index in [1.807, 2.05) is 6.20 Å². The maximum absolute atomic E-state index is 4.39. The summed E-state index contributed by atoms with van der Waals surface area (Å²) in [6.07, 6.45) is 1.85. The molecule has 0 bridgehead atoms. The van der Waals surface area contributed by atoms with Crippen LogP contribution < -0.4 is 4.90 Å². The lowest BCUT2D eigenvalue weighted by Gasteiger charge is -2.32. The second kappa shape index (κ2) is 3.27. The molecule has 1 aromatic rings. The second-order valence-electron chi connectivity index (χ2n) is 3.49. The SMILES string of the molecule is CN1Cc2cc(Br)cnc2N(C)C1. The number of hydrogen-bond donors (Lipinski definition) is 0. The highest BCUT2D eigenvalue weighted by Gasteiger charge is 2.18. The molecule has 1 aliphatic heterocycles. The van der Waals surface area contributed by atoms with Crippen molar-refractivity contribution in [2.45, 2.75) is 6.54 Å². The van der Waals surface area contributed by atoms with Gasteiger partial charge in [0.1, 0.15) is 5.82 Å². The average molecular weight is 242 g/mol. The fraction of sp³-hybridized carbons (Fsp3) is 0.444. The van der Waals surface area contributed by atoms with E-state index in [2.05, 4.69) is 50.9 Å². The van der Waals surface area contributed by atoms with Gasteiger partial charge < -0.3 is 4.90 Å². The van der Waals surface area contributed by atoms with E-state index < -0.39 is 0 Å². The Morgan fingerprint density at radius 3 is 3.00 bits per heavy atom. The van der Waals surface area contributed by atoms with Crippen molar-refractivity contribution >= 4 is 21.7 Å². The molecule has 0 saturated heterocycles. The lowest BCUT2D eigenvalue weighted by molar-refractivity contribution is 0.314. The molecule has 4 heteroatoms. The van der Waals surface area contributed by atoms with Crippen molar-refractivity contribution < 1.29 is 0 Å². The molecule has 3 nitrogen and oxygen atoms in total. The van der Waals surface area contributed by atoms with Gasteiger partial charge in [-0.1, -0.05) is 0 Å². The first-order valence-electron chi connectivity index (χ1n) is 4.21. The summed E-state index contributed by atoms with van der Waals surface area (Å²) in [4.78, 5) is 8.81. The molecule has 0 saturated carbocycles. The molecule has 0 spiro atoms. The molecule has 0 fully saturated rings. The van der Waals surface area contributed by atoms with E-state index in [0.29, 0.717) is 0 Å². The Hall–Kier alpha value is -0.610. The maximum Gasteiger partial charge on any atom is 0.133 e. The van der Waals surface area contributed by atoms with E-state index in [9.17, 15) is 0 Å². The maximum atomic E-state index is 4.39. The molecule has 2 heterocycles. The summed E-state index contributed by atoms with van der Waals surface area (Å²) in [5.41, 5.74) is 1.28. The Morgan fingerprint density at radius 2 is 2.23 bits per heavy atom. The summed E-state index contributed by atoms with van der Waals surface area (Å²) in [6.45, 7) is 1.92. The van der Waals surface area contributed by atoms with Gasteiger partial charge in [0, 0.05) is 29.8 Å². The molecule has 70 valence electrons. The van der Waals surface area contributed by atoms with Crippen LogP contribution in [0, 0.1) is 0 Å². The van der Waals surface area contributed by atoms with E-state index >= 15 is 0 Å². The standard InChI is InChI=1S/C9H12BrN3/c1-12-5-7-3-8(10)4-11-9(7)13(2)6-12/h3-4H,5-6H2,1-2H3. The van der Waals surface area contributed by atoms with Crippen molar-refractivity contribution in [1.82, 2.24) is 9.88 Å². The van der Waals surface area contributed by atoms with Gasteiger partial charge in [0.2, 0.25) is 0 Å². The van der Waals surface area contributed by atoms with Gasteiger partial charge in [0.15, 0.2) is 0 Å². The van der Waals surface area contributed by atoms with Crippen LogP contribution in [0.5, 0.6) is 0 Å². The number of nitrogens with zero attached hydrogens (tertiary/aromatic N) is 3. The highest BCUT2D eigenvalue weighted by atomic mass is 79.9. The van der Waals surface area contributed by atoms with Gasteiger partial charge in [0.05, 0.1) is 6.67 Å². The van der Waals surface area contributed by atoms with Crippen LogP contribution in [0.2, 0.25) is 0 Å². The fourth-order valence-corrected chi connectivity index (χ4v) is 2.08. The van der Waals surface area contributed by atoms with Crippen molar-refractivity contribution in [3.8, 4) is 0 Å². The predicted octanol–water partition coefficient (Wildman–Crippen LogP) is 1.68. The van der Waals surface area contributed by atoms with Crippen molar-refractivity contribution in [3.05, 3.63) is 22.3 Å². The van der Waals surface area contributed by atoms with Crippen LogP contribution in [-0.2, 0) is 6.54 Å². The summed E-state index contributed by atoms with van der Waals surface area (Å²) >= 11 is 3.43. The van der Waals surface area contributed by atoms with Crippen LogP contribution in [-0.4, -0.2) is 30.6 Å². The van der Waals surface area contributed by atoms with Crippen LogP contribution in [0.1, 0.15) is 5.56 Å². The fourth-order valence-electron chi connectivity index (χ4n) is 1.70. The van der Waals surface area contributed by atoms with E-state index in [0.717, 1.165) is 23.5 Å². The zero-order chi connectivity index (χ0) is 9.42. The van der Waals surface area contributed by atoms with Crippen molar-refractivity contribution in [3.63, 3.8) is 0 Å². The predicted molar refractivity (Wildman–Crippen MR) is 56.7 cm³/mol. The molecule has 0 aliphatic carbocycles. The summed E-state index contributed by atoms with van der Waals surface area (Å²) in [7, 11) is 4.18. The summed E-state index contributed by atoms with van der Waals surface area (Å²) in [6, 6.07) is 2.13. The van der Waals surface area contributed by atoms with Crippen LogP contribution in [0.25, 0.3) is 0 Å². The minimum atomic E-state index is 0.946. The monoisotopic (exact) mass is 241 g/mol. The molecule has 0 unspecified atom stereocenters. The smallest absolute Gasteiger partial charge is 0.133 e. The molecule has 0 amide bonds. The Morgan fingerprint density at radius 1 is 1.46 bits per heavy atom. The summed E-state index contributed by atoms with van der Waals surface area (Å²) in [5.74, 6) is 1.10. The van der Waals surface area contributed by atoms with E-state index in [1.54, 1.807) is 0 Å². The Labute approximate surface area is 86.5 Å². The number of hydrogen-bond acceptors (Lipinski definition) is 3. The van der Waals surface area contributed by atoms with Crippen LogP contribution in [0.15, 0.2) is 16.7 Å². The van der Waals surface area contributed by atoms with Gasteiger partial charge in [-0.2, -0.15) is 0 Å². The Bertz CT molecular complexity index is 327. The second-order valence-corrected chi connectivity index (χ2v) is 4.41. The van der Waals surface area contributed by atoms with Crippen LogP contribution in [0.4, 0.5) is 5.82 Å². The normalized spacial score (nSPS) is 17.3. The van der Waals surface area contributed by atoms with Gasteiger partial charge in [0.25, 0.3) is 0 Å². The van der Waals surface area contributed by atoms with Crippen molar-refractivity contribution in [2.24, 2.45) is 0 Å². The van der Waals surface area contributed by atoms with E-state index in [4.69, 9.17) is 0 Å². The van der Waals surface area contributed by atoms with Gasteiger partial charge >= 0.3 is 0 Å². The molecule has 2 rings (SSSR count). The number of halogens is 1. The molecule has 0 radical (unpaired) electrons. The Kier molecular flexibility index (Phi) is 2.26. The number of anilines is 1. The minimum absolute atomic E-state index is 0.946. The third-order valence-electron chi connectivity index (χ3n) is 2.16. The molecule has 0 aromatic carbocycles. The first kappa shape index (κ1) is 8.97. The molecule has 1 aliphatic rings. The quantitative estimate of drug-likeness (QED) is 0.690. The van der Waals surface area contributed by atoms with Gasteiger partial charge in [-0.3, -0.25) is 4.90 Å². The number of rotatable bonds is 0. The first-order chi connectivity index (χ1) is 6.16. The molecule has 0 atom stereocenters. The zero-order valence-electron chi connectivity index (χ0n) is 7.79. The average Bonchev–Trinajstić information content (AvgIpc) is 2.02. The summed E-state index contributed by atoms with van der Waals surface area (Å²) in [5, 5.41) is 0. The van der Waals surface area contributed by atoms with Gasteiger partial charge in [-0.15, -0.1) is 0 Å². The molecule has 13 heavy (non-hydrogen) atoms. The molecule has 1 aromatic heterocycles. The lowest BCUT2D eigenvalue weighted by Crippen LogP contribution is -2.38. The minimum Gasteiger partial charge on any atom is -0.346 e. The van der Waals surface area contributed by atoms with Crippen LogP contribution in [0.3, 0.4) is 0 Å². The Balaban J connectivity index is 2.43. The number of pyridine rings is 1. The van der Waals surface area contributed by atoms with Crippen LogP contribution >= 0.6 is 15.9 Å². The molecule has 0 N–H and O–H groups in total. The van der Waals surface area contributed by atoms with Crippen molar-refractivity contribution in [2.75, 3.05) is 25.7 Å². The third kappa shape index (κ3) is 1.69. The van der Waals surface area contributed by atoms with Gasteiger partial charge in [-0.05, 0) is 29.0 Å². The van der Waals surface area contributed by atoms with E-state index in [-0.39, 0.29) is 0 Å². The first-order valence-corrected chi connectivity index (χ1v) is 5.00. The van der Waals surface area contributed by atoms with Gasteiger partial charge in [-0.25, -0.2) is 4.98 Å². The summed E-state index contributed by atoms with van der Waals surface area (Å²) < 4.78 is 1.05. The van der Waals surface area contributed by atoms with Crippen molar-refractivity contribution in [1.29, 1.82) is 0 Å². The number of aromatic nitrogens is 1. The van der Waals surface area contributed by atoms with E-state index in [1.165, 1.54) is 5.56 Å². The highest BCUT2D eigenvalue weighted by molar-refractivity contribution is 9.10. The zero-order valence-corrected chi connectivity index (χ0v) is 9.37. The lowest BCUT2D eigenvalue weighted by atomic mass is 10.2. The largest absolute Gasteiger partial charge is 0.346 e. The molecular weight excluding hydrogens is 230 g/mol.